The molecule has 3 atom stereocenters. The lowest BCUT2D eigenvalue weighted by Crippen LogP contribution is -2.42. The molecule has 0 radical (unpaired) electrons. The molecule has 1 fully saturated rings. The molecular weight excluding hydrogens is 580 g/mol. The van der Waals surface area contributed by atoms with Gasteiger partial charge in [0.2, 0.25) is 0 Å². The smallest absolute Gasteiger partial charge is 0.326 e. The Hall–Kier alpha value is -3.99. The van der Waals surface area contributed by atoms with Crippen LogP contribution < -0.4 is 10.1 Å². The number of sulfone groups is 1. The van der Waals surface area contributed by atoms with Crippen LogP contribution in [0.15, 0.2) is 86.0 Å². The molecule has 1 amide bonds. The molecule has 9 nitrogen and oxygen atoms in total. The molecule has 3 unspecified atom stereocenters. The predicted molar refractivity (Wildman–Crippen MR) is 173 cm³/mol. The first-order valence-electron chi connectivity index (χ1n) is 14.4. The van der Waals surface area contributed by atoms with Crippen molar-refractivity contribution in [3.63, 3.8) is 0 Å². The number of aryl methyl sites for hydroxylation is 1. The minimum Gasteiger partial charge on any atom is -0.489 e. The molecule has 1 aliphatic rings. The fourth-order valence-corrected chi connectivity index (χ4v) is 5.98. The monoisotopic (exact) mass is 622 g/mol. The average Bonchev–Trinajstić information content (AvgIpc) is 3.36. The first kappa shape index (κ1) is 34.5. The van der Waals surface area contributed by atoms with Crippen molar-refractivity contribution in [2.45, 2.75) is 44.5 Å². The third-order valence-corrected chi connectivity index (χ3v) is 8.40. The number of hydrogen-bond acceptors (Lipinski definition) is 7. The van der Waals surface area contributed by atoms with E-state index in [4.69, 9.17) is 9.47 Å². The Labute approximate surface area is 260 Å². The van der Waals surface area contributed by atoms with E-state index in [1.54, 1.807) is 13.2 Å². The summed E-state index contributed by atoms with van der Waals surface area (Å²) in [6.07, 6.45) is 1.64. The Kier molecular flexibility index (Phi) is 12.7. The van der Waals surface area contributed by atoms with E-state index < -0.39 is 27.8 Å². The summed E-state index contributed by atoms with van der Waals surface area (Å²) < 4.78 is 35.0. The molecule has 0 spiro atoms. The van der Waals surface area contributed by atoms with E-state index in [1.165, 1.54) is 0 Å². The Bertz CT molecular complexity index is 1510. The fraction of sp³-hybridized carbons (Fsp3) is 0.353. The minimum atomic E-state index is -3.39. The Morgan fingerprint density at radius 1 is 1.05 bits per heavy atom. The standard InChI is InChI=1S/C32H38N2O7S.C2H4/c1-22-9-7-8-12-27(22)29-17-23(13-14-28(29)31(35)33-30(32(36)37)15-16-42(3,38)39)19-34-20-26(18-24(34)21-40-2)41-25-10-5-4-6-11-25;1-2/h4-14,17,24,26,30H,15-16,18-21H2,1-3H3,(H,33,35)(H,36,37);1-2H2. The van der Waals surface area contributed by atoms with Gasteiger partial charge in [0, 0.05) is 44.5 Å². The fourth-order valence-electron chi connectivity index (χ4n) is 5.32. The van der Waals surface area contributed by atoms with Crippen molar-refractivity contribution in [3.05, 3.63) is 103 Å². The SMILES string of the molecule is C=C.COCC1CC(Oc2ccccc2)CN1Cc1ccc(C(=O)NC(CCS(C)(=O)=O)C(=O)O)c(-c2ccccc2C)c1. The van der Waals surface area contributed by atoms with Gasteiger partial charge in [-0.1, -0.05) is 48.5 Å². The number of benzene rings is 3. The summed E-state index contributed by atoms with van der Waals surface area (Å²) in [5, 5.41) is 12.2. The van der Waals surface area contributed by atoms with E-state index in [0.717, 1.165) is 35.1 Å². The minimum absolute atomic E-state index is 0.00771. The van der Waals surface area contributed by atoms with Crippen LogP contribution in [-0.4, -0.2) is 80.8 Å². The van der Waals surface area contributed by atoms with Gasteiger partial charge < -0.3 is 19.9 Å². The second kappa shape index (κ2) is 16.2. The van der Waals surface area contributed by atoms with Crippen LogP contribution in [0.2, 0.25) is 0 Å². The van der Waals surface area contributed by atoms with Crippen LogP contribution in [0, 0.1) is 6.92 Å². The highest BCUT2D eigenvalue weighted by atomic mass is 32.2. The van der Waals surface area contributed by atoms with Crippen LogP contribution in [0.25, 0.3) is 11.1 Å². The molecule has 0 bridgehead atoms. The van der Waals surface area contributed by atoms with E-state index in [2.05, 4.69) is 23.4 Å². The highest BCUT2D eigenvalue weighted by Crippen LogP contribution is 2.31. The lowest BCUT2D eigenvalue weighted by molar-refractivity contribution is -0.139. The van der Waals surface area contributed by atoms with Crippen molar-refractivity contribution in [2.24, 2.45) is 0 Å². The third kappa shape index (κ3) is 9.77. The first-order valence-corrected chi connectivity index (χ1v) is 16.4. The van der Waals surface area contributed by atoms with Gasteiger partial charge in [0.05, 0.1) is 12.4 Å². The highest BCUT2D eigenvalue weighted by molar-refractivity contribution is 7.90. The number of nitrogens with one attached hydrogen (secondary N) is 1. The number of carbonyl (C=O) groups is 2. The molecule has 44 heavy (non-hydrogen) atoms. The second-order valence-electron chi connectivity index (χ2n) is 10.8. The number of ether oxygens (including phenoxy) is 2. The van der Waals surface area contributed by atoms with Crippen LogP contribution in [0.3, 0.4) is 0 Å². The number of hydrogen-bond donors (Lipinski definition) is 2. The van der Waals surface area contributed by atoms with Gasteiger partial charge in [-0.05, 0) is 59.9 Å². The molecule has 236 valence electrons. The van der Waals surface area contributed by atoms with Crippen molar-refractivity contribution < 1.29 is 32.6 Å². The molecule has 3 aromatic rings. The molecule has 0 aromatic heterocycles. The Morgan fingerprint density at radius 2 is 1.73 bits per heavy atom. The molecule has 4 rings (SSSR count). The maximum absolute atomic E-state index is 13.4. The maximum atomic E-state index is 13.4. The van der Waals surface area contributed by atoms with Gasteiger partial charge in [0.1, 0.15) is 27.7 Å². The van der Waals surface area contributed by atoms with Crippen molar-refractivity contribution in [3.8, 4) is 16.9 Å². The summed E-state index contributed by atoms with van der Waals surface area (Å²) in [5.41, 5.74) is 3.80. The molecule has 2 N–H and O–H groups in total. The van der Waals surface area contributed by atoms with Gasteiger partial charge in [-0.2, -0.15) is 0 Å². The van der Waals surface area contributed by atoms with Crippen molar-refractivity contribution in [1.82, 2.24) is 10.2 Å². The van der Waals surface area contributed by atoms with Gasteiger partial charge in [-0.25, -0.2) is 13.2 Å². The lowest BCUT2D eigenvalue weighted by atomic mass is 9.93. The number of amides is 1. The molecule has 10 heteroatoms. The number of rotatable bonds is 13. The van der Waals surface area contributed by atoms with Crippen LogP contribution in [-0.2, 0) is 25.9 Å². The molecule has 1 heterocycles. The molecular formula is C34H42N2O7S. The molecule has 1 aliphatic heterocycles. The lowest BCUT2D eigenvalue weighted by Gasteiger charge is -2.24. The second-order valence-corrected chi connectivity index (χ2v) is 13.1. The summed E-state index contributed by atoms with van der Waals surface area (Å²) in [5.74, 6) is -1.38. The van der Waals surface area contributed by atoms with E-state index in [1.807, 2.05) is 73.7 Å². The number of nitrogens with zero attached hydrogens (tertiary/aromatic N) is 1. The number of carboxylic acids is 1. The summed E-state index contributed by atoms with van der Waals surface area (Å²) >= 11 is 0. The largest absolute Gasteiger partial charge is 0.489 e. The predicted octanol–water partition coefficient (Wildman–Crippen LogP) is 4.75. The van der Waals surface area contributed by atoms with Crippen LogP contribution in [0.4, 0.5) is 0 Å². The number of likely N-dealkylation sites (tertiary alicyclic amines) is 1. The summed E-state index contributed by atoms with van der Waals surface area (Å²) in [6.45, 7) is 9.83. The zero-order chi connectivity index (χ0) is 32.3. The van der Waals surface area contributed by atoms with Gasteiger partial charge in [0.15, 0.2) is 0 Å². The number of carbonyl (C=O) groups excluding carboxylic acids is 1. The van der Waals surface area contributed by atoms with Crippen molar-refractivity contribution in [2.75, 3.05) is 32.3 Å². The number of para-hydroxylation sites is 1. The van der Waals surface area contributed by atoms with Gasteiger partial charge >= 0.3 is 5.97 Å². The van der Waals surface area contributed by atoms with E-state index >= 15 is 0 Å². The molecule has 1 saturated heterocycles. The summed E-state index contributed by atoms with van der Waals surface area (Å²) in [7, 11) is -1.71. The zero-order valence-electron chi connectivity index (χ0n) is 25.6. The average molecular weight is 623 g/mol. The van der Waals surface area contributed by atoms with Gasteiger partial charge in [-0.3, -0.25) is 9.69 Å². The normalized spacial score (nSPS) is 17.2. The van der Waals surface area contributed by atoms with E-state index in [9.17, 15) is 23.1 Å². The first-order chi connectivity index (χ1) is 21.0. The molecule has 3 aromatic carbocycles. The Balaban J connectivity index is 0.00000259. The van der Waals surface area contributed by atoms with Crippen LogP contribution in [0.5, 0.6) is 5.75 Å². The zero-order valence-corrected chi connectivity index (χ0v) is 26.4. The van der Waals surface area contributed by atoms with Crippen LogP contribution >= 0.6 is 0 Å². The van der Waals surface area contributed by atoms with Gasteiger partial charge in [-0.15, -0.1) is 13.2 Å². The molecule has 0 saturated carbocycles. The van der Waals surface area contributed by atoms with Crippen molar-refractivity contribution >= 4 is 21.7 Å². The van der Waals surface area contributed by atoms with Crippen molar-refractivity contribution in [1.29, 1.82) is 0 Å². The maximum Gasteiger partial charge on any atom is 0.326 e. The van der Waals surface area contributed by atoms with E-state index in [0.29, 0.717) is 30.8 Å². The number of carboxylic acid groups (broad SMARTS) is 1. The van der Waals surface area contributed by atoms with Crippen LogP contribution in [0.1, 0.15) is 34.3 Å². The third-order valence-electron chi connectivity index (χ3n) is 7.42. The van der Waals surface area contributed by atoms with E-state index in [-0.39, 0.29) is 24.3 Å². The molecule has 0 aliphatic carbocycles. The number of methoxy groups -OCH3 is 1. The topological polar surface area (TPSA) is 122 Å². The number of aliphatic carboxylic acids is 1. The summed E-state index contributed by atoms with van der Waals surface area (Å²) in [4.78, 5) is 27.6. The Morgan fingerprint density at radius 3 is 2.36 bits per heavy atom. The van der Waals surface area contributed by atoms with Gasteiger partial charge in [0.25, 0.3) is 5.91 Å². The highest BCUT2D eigenvalue weighted by Gasteiger charge is 2.33. The quantitative estimate of drug-likeness (QED) is 0.262. The summed E-state index contributed by atoms with van der Waals surface area (Å²) in [6, 6.07) is 21.8.